The predicted octanol–water partition coefficient (Wildman–Crippen LogP) is -0.367. The molecule has 0 radical (unpaired) electrons. The van der Waals surface area contributed by atoms with Crippen molar-refractivity contribution in [2.45, 2.75) is 0 Å². The maximum atomic E-state index is 8.00. The van der Waals surface area contributed by atoms with Gasteiger partial charge in [0.2, 0.25) is 0 Å². The summed E-state index contributed by atoms with van der Waals surface area (Å²) < 4.78 is 2.63. The van der Waals surface area contributed by atoms with Gasteiger partial charge in [0.05, 0.1) is 0 Å². The molecule has 0 aliphatic heterocycles. The Balaban J connectivity index is 0.000000336. The van der Waals surface area contributed by atoms with Gasteiger partial charge in [-0.25, -0.2) is 0 Å². The predicted molar refractivity (Wildman–Crippen MR) is 52.6 cm³/mol. The molecule has 0 unspecified atom stereocenters. The molecule has 62 valence electrons. The summed E-state index contributed by atoms with van der Waals surface area (Å²) in [5.41, 5.74) is 1.16. The van der Waals surface area contributed by atoms with Gasteiger partial charge in [-0.3, -0.25) is 0 Å². The van der Waals surface area contributed by atoms with Crippen molar-refractivity contribution < 1.29 is 4.79 Å². The molecule has 2 nitrogen and oxygen atoms in total. The number of carbonyl (C=O) groups is 1. The van der Waals surface area contributed by atoms with E-state index in [1.165, 1.54) is 7.73 Å². The summed E-state index contributed by atoms with van der Waals surface area (Å²) >= 11 is 3.01. The van der Waals surface area contributed by atoms with Gasteiger partial charge in [0.1, 0.15) is 6.79 Å². The van der Waals surface area contributed by atoms with E-state index in [1.54, 1.807) is 0 Å². The summed E-state index contributed by atoms with van der Waals surface area (Å²) in [6.45, 7) is 2.00. The van der Waals surface area contributed by atoms with Crippen LogP contribution in [0.3, 0.4) is 0 Å². The van der Waals surface area contributed by atoms with Crippen molar-refractivity contribution >= 4 is 50.5 Å². The van der Waals surface area contributed by atoms with Gasteiger partial charge in [0, 0.05) is 0 Å². The first-order valence-corrected chi connectivity index (χ1v) is 5.85. The molecule has 1 aromatic carbocycles. The fourth-order valence-corrected chi connectivity index (χ4v) is 3.64. The second-order valence-electron chi connectivity index (χ2n) is 1.96. The first-order chi connectivity index (χ1) is 5.86. The average Bonchev–Trinajstić information content (AvgIpc) is 2.48. The number of rotatable bonds is 0. The van der Waals surface area contributed by atoms with E-state index >= 15 is 0 Å². The summed E-state index contributed by atoms with van der Waals surface area (Å²) in [5, 5.41) is 0. The summed E-state index contributed by atoms with van der Waals surface area (Å²) in [5.74, 6) is 0. The number of carbonyl (C=O) groups excluding carboxylic acids is 1. The normalized spacial score (nSPS) is 9.08. The quantitative estimate of drug-likeness (QED) is 0.620. The molecule has 2 rings (SSSR count). The Hall–Kier alpha value is -0.401. The van der Waals surface area contributed by atoms with E-state index in [2.05, 4.69) is 39.2 Å². The molecule has 0 saturated carbocycles. The molecule has 0 atom stereocenters. The summed E-state index contributed by atoms with van der Waals surface area (Å²) in [6.07, 6.45) is 0. The molecule has 4 heteroatoms. The van der Waals surface area contributed by atoms with Gasteiger partial charge < -0.3 is 4.79 Å². The summed E-state index contributed by atoms with van der Waals surface area (Å²) in [6, 6.07) is 8.32. The maximum absolute atomic E-state index is 8.00. The van der Waals surface area contributed by atoms with Crippen molar-refractivity contribution in [3.63, 3.8) is 0 Å². The zero-order valence-electron chi connectivity index (χ0n) is 6.23. The van der Waals surface area contributed by atoms with E-state index in [1.807, 2.05) is 12.9 Å². The van der Waals surface area contributed by atoms with E-state index in [-0.39, 0.29) is 0 Å². The fraction of sp³-hybridized carbons (Fsp3) is 0. The summed E-state index contributed by atoms with van der Waals surface area (Å²) in [7, 11) is 0. The number of hydrogen-bond acceptors (Lipinski definition) is 2. The molecule has 0 bridgehead atoms. The second-order valence-corrected chi connectivity index (χ2v) is 6.49. The van der Waals surface area contributed by atoms with Gasteiger partial charge in [0.25, 0.3) is 0 Å². The molecule has 0 spiro atoms. The second kappa shape index (κ2) is 4.58. The van der Waals surface area contributed by atoms with Crippen LogP contribution in [0.5, 0.6) is 0 Å². The van der Waals surface area contributed by atoms with Crippen LogP contribution < -0.4 is 3.47 Å². The standard InChI is InChI=1S/C7H5NSe2.CH2O/c9-7-8-5-3-1-2-4-6(5)10-7;1-2/h1-4H,(H,8,9);1H2. The Kier molecular flexibility index (Phi) is 3.70. The fourth-order valence-electron chi connectivity index (χ4n) is 0.860. The topological polar surface area (TPSA) is 30.0 Å². The van der Waals surface area contributed by atoms with Gasteiger partial charge in [-0.2, -0.15) is 0 Å². The van der Waals surface area contributed by atoms with Gasteiger partial charge in [-0.1, -0.05) is 0 Å². The molecule has 0 aliphatic rings. The number of nitrogens with zero attached hydrogens (tertiary/aromatic N) is 1. The van der Waals surface area contributed by atoms with E-state index in [9.17, 15) is 0 Å². The Bertz CT molecular complexity index is 339. The molecule has 0 aliphatic carbocycles. The molecule has 0 saturated heterocycles. The van der Waals surface area contributed by atoms with Crippen molar-refractivity contribution in [3.05, 3.63) is 24.3 Å². The van der Waals surface area contributed by atoms with Gasteiger partial charge in [-0.15, -0.1) is 0 Å². The van der Waals surface area contributed by atoms with Gasteiger partial charge in [-0.05, 0) is 0 Å². The minimum atomic E-state index is 0.483. The average molecular weight is 291 g/mol. The van der Waals surface area contributed by atoms with Crippen LogP contribution >= 0.6 is 0 Å². The number of hydrogen-bond donors (Lipinski definition) is 0. The van der Waals surface area contributed by atoms with Crippen LogP contribution in [0.15, 0.2) is 24.3 Å². The molecule has 0 amide bonds. The van der Waals surface area contributed by atoms with E-state index in [4.69, 9.17) is 4.79 Å². The Labute approximate surface area is 84.6 Å². The molecule has 12 heavy (non-hydrogen) atoms. The Morgan fingerprint density at radius 3 is 2.67 bits per heavy atom. The third kappa shape index (κ3) is 2.05. The summed E-state index contributed by atoms with van der Waals surface area (Å²) in [4.78, 5) is 12.4. The van der Waals surface area contributed by atoms with Crippen molar-refractivity contribution in [3.8, 4) is 0 Å². The molecule has 1 heterocycles. The zero-order chi connectivity index (χ0) is 8.97. The minimum absolute atomic E-state index is 0.483. The van der Waals surface area contributed by atoms with Crippen LogP contribution in [0.2, 0.25) is 0 Å². The number of benzene rings is 1. The first kappa shape index (κ1) is 9.69. The van der Waals surface area contributed by atoms with Crippen LogP contribution in [0.1, 0.15) is 0 Å². The Morgan fingerprint density at radius 2 is 2.00 bits per heavy atom. The third-order valence-electron chi connectivity index (χ3n) is 1.28. The molecule has 0 N–H and O–H groups in total. The van der Waals surface area contributed by atoms with Crippen molar-refractivity contribution in [1.29, 1.82) is 0 Å². The third-order valence-corrected chi connectivity index (χ3v) is 4.25. The molecule has 1 aromatic heterocycles. The van der Waals surface area contributed by atoms with Crippen molar-refractivity contribution in [2.24, 2.45) is 0 Å². The van der Waals surface area contributed by atoms with Gasteiger partial charge >= 0.3 is 73.0 Å². The van der Waals surface area contributed by atoms with Crippen molar-refractivity contribution in [2.75, 3.05) is 0 Å². The molecule has 2 aromatic rings. The number of fused-ring (bicyclic) bond motifs is 1. The van der Waals surface area contributed by atoms with E-state index < -0.39 is 0 Å². The monoisotopic (exact) mass is 293 g/mol. The number of para-hydroxylation sites is 1. The van der Waals surface area contributed by atoms with Crippen LogP contribution in [-0.2, 0) is 4.79 Å². The van der Waals surface area contributed by atoms with E-state index in [0.29, 0.717) is 14.5 Å². The van der Waals surface area contributed by atoms with E-state index in [0.717, 1.165) is 5.52 Å². The van der Waals surface area contributed by atoms with Gasteiger partial charge in [0.15, 0.2) is 0 Å². The first-order valence-electron chi connectivity index (χ1n) is 3.20. The van der Waals surface area contributed by atoms with Crippen LogP contribution in [0, 0.1) is 0 Å². The van der Waals surface area contributed by atoms with Crippen LogP contribution in [0.25, 0.3) is 9.78 Å². The number of aromatic nitrogens is 1. The molecule has 0 fully saturated rings. The van der Waals surface area contributed by atoms with Crippen molar-refractivity contribution in [1.82, 2.24) is 4.98 Å². The molecular formula is C8H7NOSe2. The zero-order valence-corrected chi connectivity index (χ0v) is 9.82. The van der Waals surface area contributed by atoms with Crippen LogP contribution in [0.4, 0.5) is 0 Å². The molecular weight excluding hydrogens is 284 g/mol. The Morgan fingerprint density at radius 1 is 1.33 bits per heavy atom. The SMILES string of the molecule is C=O.[SeH]c1nc2ccccc2[se]1. The van der Waals surface area contributed by atoms with Crippen LogP contribution in [-0.4, -0.2) is 42.3 Å².